The molecule has 2 aliphatic rings. The van der Waals surface area contributed by atoms with E-state index in [1.54, 1.807) is 0 Å². The summed E-state index contributed by atoms with van der Waals surface area (Å²) in [6.45, 7) is 4.39. The van der Waals surface area contributed by atoms with Crippen LogP contribution in [0.15, 0.2) is 100 Å². The molecule has 1 unspecified atom stereocenters. The summed E-state index contributed by atoms with van der Waals surface area (Å²) < 4.78 is 8.09. The fraction of sp³-hybridized carbons (Fsp3) is 0.139. The molecule has 0 amide bonds. The monoisotopic (exact) mass is 582 g/mol. The fourth-order valence-electron chi connectivity index (χ4n) is 6.80. The van der Waals surface area contributed by atoms with Crippen molar-refractivity contribution >= 4 is 65.8 Å². The first-order valence-electron chi connectivity index (χ1n) is 13.7. The van der Waals surface area contributed by atoms with Gasteiger partial charge in [0.25, 0.3) is 0 Å². The average molecular weight is 584 g/mol. The Morgan fingerprint density at radius 3 is 2.45 bits per heavy atom. The van der Waals surface area contributed by atoms with Crippen molar-refractivity contribution in [3.8, 4) is 16.9 Å². The van der Waals surface area contributed by atoms with E-state index >= 15 is 0 Å². The molecule has 6 aromatic carbocycles. The molecule has 4 heteroatoms. The molecule has 2 heterocycles. The number of halogens is 1. The molecule has 3 nitrogen and oxygen atoms in total. The van der Waals surface area contributed by atoms with E-state index in [0.717, 1.165) is 38.5 Å². The molecule has 0 saturated heterocycles. The maximum atomic E-state index is 7.04. The summed E-state index contributed by atoms with van der Waals surface area (Å²) in [5.41, 5.74) is 7.77. The average Bonchev–Trinajstić information content (AvgIpc) is 3.23. The van der Waals surface area contributed by atoms with E-state index in [-0.39, 0.29) is 0 Å². The minimum atomic E-state index is -0.643. The van der Waals surface area contributed by atoms with Gasteiger partial charge in [0, 0.05) is 34.4 Å². The molecule has 0 N–H and O–H groups in total. The lowest BCUT2D eigenvalue weighted by Gasteiger charge is -2.38. The van der Waals surface area contributed by atoms with Crippen LogP contribution in [0.25, 0.3) is 43.4 Å². The molecular weight excluding hydrogens is 556 g/mol. The first-order valence-corrected chi connectivity index (χ1v) is 14.5. The van der Waals surface area contributed by atoms with E-state index in [0.29, 0.717) is 0 Å². The first-order chi connectivity index (χ1) is 19.4. The van der Waals surface area contributed by atoms with Crippen LogP contribution in [0.2, 0.25) is 0 Å². The van der Waals surface area contributed by atoms with Gasteiger partial charge in [-0.05, 0) is 93.5 Å². The number of fused-ring (bicyclic) bond motifs is 8. The number of nitrogens with zero attached hydrogens (tertiary/aromatic N) is 2. The third kappa shape index (κ3) is 3.26. The van der Waals surface area contributed by atoms with E-state index < -0.39 is 5.72 Å². The number of likely N-dealkylation sites (N-methyl/N-ethyl adjacent to an activating group) is 1. The summed E-state index contributed by atoms with van der Waals surface area (Å²) in [5.74, 6) is 0.850. The Hall–Kier alpha value is -4.15. The summed E-state index contributed by atoms with van der Waals surface area (Å²) in [5, 5.41) is 7.13. The summed E-state index contributed by atoms with van der Waals surface area (Å²) in [7, 11) is 2.10. The Morgan fingerprint density at radius 1 is 0.775 bits per heavy atom. The highest BCUT2D eigenvalue weighted by atomic mass is 79.9. The second kappa shape index (κ2) is 8.42. The molecule has 8 rings (SSSR count). The molecule has 0 fully saturated rings. The molecule has 0 bridgehead atoms. The van der Waals surface area contributed by atoms with Gasteiger partial charge >= 0.3 is 0 Å². The second-order valence-electron chi connectivity index (χ2n) is 11.1. The van der Waals surface area contributed by atoms with E-state index in [9.17, 15) is 0 Å². The molecule has 6 aromatic rings. The van der Waals surface area contributed by atoms with Gasteiger partial charge in [-0.2, -0.15) is 0 Å². The molecule has 0 aromatic heterocycles. The van der Waals surface area contributed by atoms with Crippen LogP contribution in [0.4, 0.5) is 11.4 Å². The number of anilines is 1. The number of para-hydroxylation sites is 1. The smallest absolute Gasteiger partial charge is 0.223 e. The second-order valence-corrected chi connectivity index (χ2v) is 12.0. The van der Waals surface area contributed by atoms with Crippen LogP contribution >= 0.6 is 15.9 Å². The van der Waals surface area contributed by atoms with Gasteiger partial charge in [0.2, 0.25) is 5.72 Å². The Bertz CT molecular complexity index is 2070. The molecule has 1 atom stereocenters. The minimum Gasteiger partial charge on any atom is -0.459 e. The highest BCUT2D eigenvalue weighted by molar-refractivity contribution is 9.10. The van der Waals surface area contributed by atoms with Crippen LogP contribution in [0.1, 0.15) is 16.7 Å². The third-order valence-electron chi connectivity index (χ3n) is 8.81. The Balaban J connectivity index is 1.38. The lowest BCUT2D eigenvalue weighted by atomic mass is 9.90. The van der Waals surface area contributed by atoms with Gasteiger partial charge in [0.15, 0.2) is 5.75 Å². The lowest BCUT2D eigenvalue weighted by molar-refractivity contribution is 0.156. The van der Waals surface area contributed by atoms with Gasteiger partial charge in [-0.25, -0.2) is 0 Å². The topological polar surface area (TPSA) is 24.8 Å². The minimum absolute atomic E-state index is 0.643. The number of aryl methyl sites for hydroxylation is 2. The first kappa shape index (κ1) is 23.7. The Kier molecular flexibility index (Phi) is 4.99. The fourth-order valence-corrected chi connectivity index (χ4v) is 7.16. The molecule has 40 heavy (non-hydrogen) atoms. The maximum absolute atomic E-state index is 7.04. The third-order valence-corrected chi connectivity index (χ3v) is 9.31. The summed E-state index contributed by atoms with van der Waals surface area (Å²) in [6.07, 6.45) is 2.76. The zero-order valence-electron chi connectivity index (χ0n) is 22.6. The van der Waals surface area contributed by atoms with Gasteiger partial charge < -0.3 is 9.64 Å². The van der Waals surface area contributed by atoms with Gasteiger partial charge in [0.1, 0.15) is 5.69 Å². The number of hydrogen-bond acceptors (Lipinski definition) is 3. The van der Waals surface area contributed by atoms with Crippen molar-refractivity contribution in [1.29, 1.82) is 0 Å². The van der Waals surface area contributed by atoms with E-state index in [1.165, 1.54) is 49.7 Å². The summed E-state index contributed by atoms with van der Waals surface area (Å²) >= 11 is 3.72. The van der Waals surface area contributed by atoms with E-state index in [1.807, 2.05) is 6.21 Å². The lowest BCUT2D eigenvalue weighted by Crippen LogP contribution is -2.52. The highest BCUT2D eigenvalue weighted by Crippen LogP contribution is 2.51. The van der Waals surface area contributed by atoms with Crippen molar-refractivity contribution in [2.75, 3.05) is 11.9 Å². The molecule has 0 radical (unpaired) electrons. The molecule has 0 saturated carbocycles. The van der Waals surface area contributed by atoms with Crippen LogP contribution < -0.4 is 9.64 Å². The molecule has 0 aliphatic carbocycles. The van der Waals surface area contributed by atoms with Crippen LogP contribution in [-0.2, 0) is 6.42 Å². The van der Waals surface area contributed by atoms with Crippen molar-refractivity contribution in [3.05, 3.63) is 112 Å². The van der Waals surface area contributed by atoms with Crippen LogP contribution in [0.3, 0.4) is 0 Å². The number of rotatable bonds is 1. The highest BCUT2D eigenvalue weighted by Gasteiger charge is 2.45. The standard InChI is InChI=1S/C36H27BrN2O/c1-21-7-6-9-27-26(14-11-22(2)33(21)27)23-12-15-29-30(17-23)31-18-25(37)13-16-28(31)34-35(29)40-36(20-38-34)19-24-8-4-5-10-32(24)39(36)3/h4-18,20H,19H2,1-3H3. The van der Waals surface area contributed by atoms with Crippen LogP contribution in [0, 0.1) is 13.8 Å². The van der Waals surface area contributed by atoms with Crippen LogP contribution in [-0.4, -0.2) is 19.0 Å². The predicted molar refractivity (Wildman–Crippen MR) is 172 cm³/mol. The Morgan fingerprint density at radius 2 is 1.57 bits per heavy atom. The zero-order valence-corrected chi connectivity index (χ0v) is 24.2. The van der Waals surface area contributed by atoms with Crippen molar-refractivity contribution in [2.45, 2.75) is 26.0 Å². The van der Waals surface area contributed by atoms with Gasteiger partial charge in [-0.1, -0.05) is 76.6 Å². The molecule has 194 valence electrons. The number of ether oxygens (including phenoxy) is 1. The number of benzene rings is 6. The van der Waals surface area contributed by atoms with Crippen molar-refractivity contribution in [2.24, 2.45) is 4.99 Å². The largest absolute Gasteiger partial charge is 0.459 e. The molecule has 2 aliphatic heterocycles. The number of aliphatic imine (C=N–C) groups is 1. The quantitative estimate of drug-likeness (QED) is 0.180. The summed E-state index contributed by atoms with van der Waals surface area (Å²) in [6, 6.07) is 32.9. The van der Waals surface area contributed by atoms with Crippen molar-refractivity contribution in [1.82, 2.24) is 0 Å². The van der Waals surface area contributed by atoms with Crippen LogP contribution in [0.5, 0.6) is 5.75 Å². The SMILES string of the molecule is Cc1cccc2c(-c3ccc4c5c(c6ccc(Br)cc6c4c3)N=CC3(Cc4ccccc4N3C)O5)ccc(C)c12. The zero-order chi connectivity index (χ0) is 27.2. The summed E-state index contributed by atoms with van der Waals surface area (Å²) in [4.78, 5) is 7.33. The molecule has 1 spiro atoms. The predicted octanol–water partition coefficient (Wildman–Crippen LogP) is 9.68. The van der Waals surface area contributed by atoms with Gasteiger partial charge in [0.05, 0.1) is 6.21 Å². The van der Waals surface area contributed by atoms with E-state index in [2.05, 4.69) is 133 Å². The van der Waals surface area contributed by atoms with Gasteiger partial charge in [-0.3, -0.25) is 4.99 Å². The molecular formula is C36H27BrN2O. The van der Waals surface area contributed by atoms with E-state index in [4.69, 9.17) is 9.73 Å². The normalized spacial score (nSPS) is 17.6. The van der Waals surface area contributed by atoms with Crippen molar-refractivity contribution in [3.63, 3.8) is 0 Å². The van der Waals surface area contributed by atoms with Crippen molar-refractivity contribution < 1.29 is 4.74 Å². The van der Waals surface area contributed by atoms with Gasteiger partial charge in [-0.15, -0.1) is 0 Å². The number of hydrogen-bond donors (Lipinski definition) is 0. The Labute approximate surface area is 241 Å². The maximum Gasteiger partial charge on any atom is 0.223 e.